The highest BCUT2D eigenvalue weighted by Crippen LogP contribution is 2.09. The van der Waals surface area contributed by atoms with Crippen molar-refractivity contribution in [2.75, 3.05) is 5.33 Å². The number of hydrogen-bond acceptors (Lipinski definition) is 2. The zero-order valence-corrected chi connectivity index (χ0v) is 12.3. The Morgan fingerprint density at radius 2 is 2.18 bits per heavy atom. The SMILES string of the molecule is CCc1cc(CCC(=O)CCCBr)n(CC)n1. The molecule has 1 rings (SSSR count). The summed E-state index contributed by atoms with van der Waals surface area (Å²) in [7, 11) is 0. The van der Waals surface area contributed by atoms with Crippen molar-refractivity contribution in [3.8, 4) is 0 Å². The van der Waals surface area contributed by atoms with Crippen LogP contribution < -0.4 is 0 Å². The van der Waals surface area contributed by atoms with Gasteiger partial charge in [0, 0.05) is 30.4 Å². The first-order valence-corrected chi connectivity index (χ1v) is 7.46. The van der Waals surface area contributed by atoms with E-state index in [9.17, 15) is 4.79 Å². The molecule has 1 aromatic heterocycles. The second-order valence-corrected chi connectivity index (χ2v) is 4.92. The van der Waals surface area contributed by atoms with E-state index in [1.54, 1.807) is 0 Å². The zero-order chi connectivity index (χ0) is 12.7. The predicted octanol–water partition coefficient (Wildman–Crippen LogP) is 3.14. The number of halogens is 1. The molecule has 0 fully saturated rings. The van der Waals surface area contributed by atoms with Gasteiger partial charge in [0.05, 0.1) is 5.69 Å². The molecule has 0 spiro atoms. The van der Waals surface area contributed by atoms with Gasteiger partial charge < -0.3 is 0 Å². The maximum Gasteiger partial charge on any atom is 0.133 e. The summed E-state index contributed by atoms with van der Waals surface area (Å²) in [5, 5.41) is 5.39. The van der Waals surface area contributed by atoms with E-state index in [0.29, 0.717) is 18.6 Å². The summed E-state index contributed by atoms with van der Waals surface area (Å²) in [5.74, 6) is 0.353. The molecule has 96 valence electrons. The number of carbonyl (C=O) groups is 1. The molecule has 0 saturated carbocycles. The van der Waals surface area contributed by atoms with Crippen LogP contribution in [0.25, 0.3) is 0 Å². The van der Waals surface area contributed by atoms with Crippen LogP contribution in [0.3, 0.4) is 0 Å². The molecule has 17 heavy (non-hydrogen) atoms. The maximum atomic E-state index is 11.6. The number of Topliss-reactive ketones (excluding diaryl/α,β-unsaturated/α-hetero) is 1. The van der Waals surface area contributed by atoms with E-state index in [2.05, 4.69) is 40.9 Å². The van der Waals surface area contributed by atoms with Gasteiger partial charge in [0.1, 0.15) is 5.78 Å². The number of aryl methyl sites for hydroxylation is 3. The molecule has 0 atom stereocenters. The number of ketones is 1. The Labute approximate surface area is 112 Å². The van der Waals surface area contributed by atoms with E-state index in [1.165, 1.54) is 5.69 Å². The summed E-state index contributed by atoms with van der Waals surface area (Å²) in [6.45, 7) is 5.07. The maximum absolute atomic E-state index is 11.6. The van der Waals surface area contributed by atoms with Gasteiger partial charge in [-0.25, -0.2) is 0 Å². The molecule has 0 aliphatic rings. The van der Waals surface area contributed by atoms with Crippen LogP contribution in [0.2, 0.25) is 0 Å². The molecule has 1 aromatic rings. The zero-order valence-electron chi connectivity index (χ0n) is 10.7. The van der Waals surface area contributed by atoms with Crippen molar-refractivity contribution in [2.24, 2.45) is 0 Å². The molecule has 0 bridgehead atoms. The van der Waals surface area contributed by atoms with E-state index in [1.807, 2.05) is 4.68 Å². The number of alkyl halides is 1. The van der Waals surface area contributed by atoms with Gasteiger partial charge in [-0.1, -0.05) is 22.9 Å². The second kappa shape index (κ2) is 7.64. The lowest BCUT2D eigenvalue weighted by Gasteiger charge is -2.03. The molecular formula is C13H21BrN2O. The fourth-order valence-electron chi connectivity index (χ4n) is 1.82. The van der Waals surface area contributed by atoms with E-state index in [0.717, 1.165) is 36.8 Å². The van der Waals surface area contributed by atoms with Gasteiger partial charge in [-0.2, -0.15) is 5.10 Å². The Kier molecular flexibility index (Phi) is 6.48. The summed E-state index contributed by atoms with van der Waals surface area (Å²) in [5.41, 5.74) is 2.31. The smallest absolute Gasteiger partial charge is 0.133 e. The van der Waals surface area contributed by atoms with Crippen LogP contribution >= 0.6 is 15.9 Å². The van der Waals surface area contributed by atoms with E-state index < -0.39 is 0 Å². The lowest BCUT2D eigenvalue weighted by molar-refractivity contribution is -0.119. The topological polar surface area (TPSA) is 34.9 Å². The number of hydrogen-bond donors (Lipinski definition) is 0. The molecule has 3 nitrogen and oxygen atoms in total. The van der Waals surface area contributed by atoms with Crippen molar-refractivity contribution in [2.45, 2.75) is 52.5 Å². The number of rotatable bonds is 8. The molecule has 0 unspecified atom stereocenters. The molecule has 0 N–H and O–H groups in total. The Balaban J connectivity index is 2.50. The standard InChI is InChI=1S/C13H21BrN2O/c1-3-11-10-12(16(4-2)15-11)7-8-13(17)6-5-9-14/h10H,3-9H2,1-2H3. The molecule has 0 radical (unpaired) electrons. The van der Waals surface area contributed by atoms with Crippen LogP contribution in [0.4, 0.5) is 0 Å². The van der Waals surface area contributed by atoms with Crippen LogP contribution in [0, 0.1) is 0 Å². The summed E-state index contributed by atoms with van der Waals surface area (Å²) in [6, 6.07) is 2.13. The van der Waals surface area contributed by atoms with Crippen molar-refractivity contribution in [3.05, 3.63) is 17.5 Å². The van der Waals surface area contributed by atoms with Gasteiger partial charge in [-0.15, -0.1) is 0 Å². The Bertz CT molecular complexity index is 360. The Morgan fingerprint density at radius 1 is 1.41 bits per heavy atom. The van der Waals surface area contributed by atoms with Gasteiger partial charge in [0.2, 0.25) is 0 Å². The minimum Gasteiger partial charge on any atom is -0.300 e. The van der Waals surface area contributed by atoms with Gasteiger partial charge in [0.15, 0.2) is 0 Å². The molecule has 1 heterocycles. The Morgan fingerprint density at radius 3 is 2.76 bits per heavy atom. The number of aromatic nitrogens is 2. The quantitative estimate of drug-likeness (QED) is 0.691. The van der Waals surface area contributed by atoms with Gasteiger partial charge in [-0.3, -0.25) is 9.48 Å². The highest BCUT2D eigenvalue weighted by atomic mass is 79.9. The van der Waals surface area contributed by atoms with Gasteiger partial charge >= 0.3 is 0 Å². The van der Waals surface area contributed by atoms with E-state index >= 15 is 0 Å². The van der Waals surface area contributed by atoms with Gasteiger partial charge in [0.25, 0.3) is 0 Å². The van der Waals surface area contributed by atoms with Crippen molar-refractivity contribution in [3.63, 3.8) is 0 Å². The van der Waals surface area contributed by atoms with Crippen LogP contribution in [0.1, 0.15) is 44.5 Å². The van der Waals surface area contributed by atoms with Crippen molar-refractivity contribution in [1.82, 2.24) is 9.78 Å². The van der Waals surface area contributed by atoms with Crippen LogP contribution in [-0.4, -0.2) is 20.9 Å². The average molecular weight is 301 g/mol. The first kappa shape index (κ1) is 14.4. The molecule has 0 aliphatic carbocycles. The molecular weight excluding hydrogens is 280 g/mol. The van der Waals surface area contributed by atoms with Gasteiger partial charge in [-0.05, 0) is 32.3 Å². The third kappa shape index (κ3) is 4.62. The van der Waals surface area contributed by atoms with Crippen molar-refractivity contribution >= 4 is 21.7 Å². The normalized spacial score (nSPS) is 10.8. The molecule has 0 aliphatic heterocycles. The third-order valence-electron chi connectivity index (χ3n) is 2.82. The molecule has 0 saturated heterocycles. The largest absolute Gasteiger partial charge is 0.300 e. The van der Waals surface area contributed by atoms with Crippen LogP contribution in [0.5, 0.6) is 0 Å². The number of nitrogens with zero attached hydrogens (tertiary/aromatic N) is 2. The van der Waals surface area contributed by atoms with Crippen LogP contribution in [0.15, 0.2) is 6.07 Å². The average Bonchev–Trinajstić information content (AvgIpc) is 2.76. The Hall–Kier alpha value is -0.640. The first-order chi connectivity index (χ1) is 8.21. The first-order valence-electron chi connectivity index (χ1n) is 6.34. The molecule has 0 aromatic carbocycles. The van der Waals surface area contributed by atoms with E-state index in [4.69, 9.17) is 0 Å². The summed E-state index contributed by atoms with van der Waals surface area (Å²) < 4.78 is 2.01. The summed E-state index contributed by atoms with van der Waals surface area (Å²) in [6.07, 6.45) is 4.04. The monoisotopic (exact) mass is 300 g/mol. The molecule has 0 amide bonds. The summed E-state index contributed by atoms with van der Waals surface area (Å²) in [4.78, 5) is 11.6. The highest BCUT2D eigenvalue weighted by molar-refractivity contribution is 9.09. The number of carbonyl (C=O) groups excluding carboxylic acids is 1. The minimum absolute atomic E-state index is 0.353. The predicted molar refractivity (Wildman–Crippen MR) is 73.6 cm³/mol. The fourth-order valence-corrected chi connectivity index (χ4v) is 2.10. The highest BCUT2D eigenvalue weighted by Gasteiger charge is 2.08. The van der Waals surface area contributed by atoms with Crippen LogP contribution in [-0.2, 0) is 24.2 Å². The third-order valence-corrected chi connectivity index (χ3v) is 3.39. The van der Waals surface area contributed by atoms with Crippen molar-refractivity contribution in [1.29, 1.82) is 0 Å². The lowest BCUT2D eigenvalue weighted by atomic mass is 10.1. The fraction of sp³-hybridized carbons (Fsp3) is 0.692. The van der Waals surface area contributed by atoms with E-state index in [-0.39, 0.29) is 0 Å². The minimum atomic E-state index is 0.353. The second-order valence-electron chi connectivity index (χ2n) is 4.13. The summed E-state index contributed by atoms with van der Waals surface area (Å²) >= 11 is 3.34. The molecule has 4 heteroatoms. The van der Waals surface area contributed by atoms with Crippen molar-refractivity contribution < 1.29 is 4.79 Å². The lowest BCUT2D eigenvalue weighted by Crippen LogP contribution is -2.06.